The van der Waals surface area contributed by atoms with E-state index in [1.165, 1.54) is 37.2 Å². The number of hydrogen-bond donors (Lipinski definition) is 1. The van der Waals surface area contributed by atoms with Crippen LogP contribution in [-0.4, -0.2) is 15.4 Å². The lowest BCUT2D eigenvalue weighted by Gasteiger charge is -2.21. The van der Waals surface area contributed by atoms with Crippen molar-refractivity contribution in [1.82, 2.24) is 9.36 Å². The van der Waals surface area contributed by atoms with Crippen molar-refractivity contribution in [2.45, 2.75) is 58.4 Å². The van der Waals surface area contributed by atoms with Gasteiger partial charge in [0.1, 0.15) is 5.82 Å². The summed E-state index contributed by atoms with van der Waals surface area (Å²) in [5.74, 6) is 2.45. The average molecular weight is 239 g/mol. The van der Waals surface area contributed by atoms with Crippen LogP contribution in [0.25, 0.3) is 0 Å². The molecule has 0 spiro atoms. The fourth-order valence-electron chi connectivity index (χ4n) is 2.11. The van der Waals surface area contributed by atoms with E-state index in [1.807, 2.05) is 0 Å². The van der Waals surface area contributed by atoms with Crippen LogP contribution in [0.4, 0.5) is 5.13 Å². The minimum Gasteiger partial charge on any atom is -0.358 e. The molecule has 1 heterocycles. The maximum absolute atomic E-state index is 4.56. The van der Waals surface area contributed by atoms with Gasteiger partial charge in [0.25, 0.3) is 0 Å². The van der Waals surface area contributed by atoms with Crippen molar-refractivity contribution in [3.05, 3.63) is 5.82 Å². The summed E-state index contributed by atoms with van der Waals surface area (Å²) in [6, 6.07) is 0.495. The average Bonchev–Trinajstić information content (AvgIpc) is 3.02. The highest BCUT2D eigenvalue weighted by Gasteiger charge is 2.28. The molecule has 1 unspecified atom stereocenters. The maximum Gasteiger partial charge on any atom is 0.202 e. The van der Waals surface area contributed by atoms with Crippen LogP contribution in [0.3, 0.4) is 0 Å². The summed E-state index contributed by atoms with van der Waals surface area (Å²) in [4.78, 5) is 4.56. The lowest BCUT2D eigenvalue weighted by molar-refractivity contribution is 0.437. The minimum absolute atomic E-state index is 0.495. The predicted molar refractivity (Wildman–Crippen MR) is 69.0 cm³/mol. The Bertz CT molecular complexity index is 329. The van der Waals surface area contributed by atoms with Gasteiger partial charge in [0.15, 0.2) is 0 Å². The highest BCUT2D eigenvalue weighted by molar-refractivity contribution is 7.09. The maximum atomic E-state index is 4.56. The minimum atomic E-state index is 0.495. The van der Waals surface area contributed by atoms with Crippen LogP contribution in [0.1, 0.15) is 58.2 Å². The number of anilines is 1. The molecule has 0 bridgehead atoms. The summed E-state index contributed by atoms with van der Waals surface area (Å²) in [7, 11) is 0. The molecule has 90 valence electrons. The molecule has 1 aromatic rings. The molecule has 16 heavy (non-hydrogen) atoms. The van der Waals surface area contributed by atoms with Gasteiger partial charge in [-0.2, -0.15) is 4.37 Å². The topological polar surface area (TPSA) is 37.8 Å². The van der Waals surface area contributed by atoms with Crippen molar-refractivity contribution in [3.63, 3.8) is 0 Å². The lowest BCUT2D eigenvalue weighted by atomic mass is 9.96. The quantitative estimate of drug-likeness (QED) is 0.823. The van der Waals surface area contributed by atoms with Crippen LogP contribution in [0.2, 0.25) is 0 Å². The van der Waals surface area contributed by atoms with Crippen LogP contribution < -0.4 is 5.32 Å². The molecule has 4 heteroatoms. The zero-order valence-electron chi connectivity index (χ0n) is 10.4. The molecule has 0 aliphatic heterocycles. The number of rotatable bonds is 6. The molecule has 0 saturated heterocycles. The molecule has 0 aromatic carbocycles. The second-order valence-electron chi connectivity index (χ2n) is 4.74. The first-order chi connectivity index (χ1) is 7.74. The third kappa shape index (κ3) is 2.73. The predicted octanol–water partition coefficient (Wildman–Crippen LogP) is 3.65. The monoisotopic (exact) mass is 239 g/mol. The highest BCUT2D eigenvalue weighted by atomic mass is 32.1. The molecule has 0 radical (unpaired) electrons. The van der Waals surface area contributed by atoms with E-state index in [0.29, 0.717) is 12.0 Å². The molecule has 1 aromatic heterocycles. The summed E-state index contributed by atoms with van der Waals surface area (Å²) in [5.41, 5.74) is 0. The van der Waals surface area contributed by atoms with E-state index in [0.717, 1.165) is 16.9 Å². The number of nitrogens with one attached hydrogen (secondary N) is 1. The molecular weight excluding hydrogens is 218 g/mol. The van der Waals surface area contributed by atoms with Crippen LogP contribution in [-0.2, 0) is 0 Å². The Morgan fingerprint density at radius 2 is 2.06 bits per heavy atom. The van der Waals surface area contributed by atoms with E-state index in [9.17, 15) is 0 Å². The molecule has 1 atom stereocenters. The first kappa shape index (κ1) is 11.8. The van der Waals surface area contributed by atoms with Gasteiger partial charge >= 0.3 is 0 Å². The van der Waals surface area contributed by atoms with Crippen LogP contribution in [0.15, 0.2) is 0 Å². The van der Waals surface area contributed by atoms with E-state index in [2.05, 4.69) is 35.4 Å². The molecule has 3 nitrogen and oxygen atoms in total. The Hall–Kier alpha value is -0.640. The van der Waals surface area contributed by atoms with E-state index < -0.39 is 0 Å². The van der Waals surface area contributed by atoms with Gasteiger partial charge in [0, 0.05) is 23.5 Å². The van der Waals surface area contributed by atoms with Crippen molar-refractivity contribution >= 4 is 16.7 Å². The van der Waals surface area contributed by atoms with Crippen molar-refractivity contribution < 1.29 is 0 Å². The van der Waals surface area contributed by atoms with E-state index in [4.69, 9.17) is 0 Å². The Morgan fingerprint density at radius 1 is 1.38 bits per heavy atom. The third-order valence-electron chi connectivity index (χ3n) is 3.49. The number of hydrogen-bond acceptors (Lipinski definition) is 4. The van der Waals surface area contributed by atoms with Crippen molar-refractivity contribution in [2.24, 2.45) is 5.92 Å². The van der Waals surface area contributed by atoms with Gasteiger partial charge in [0.2, 0.25) is 5.13 Å². The summed E-state index contributed by atoms with van der Waals surface area (Å²) >= 11 is 1.51. The van der Waals surface area contributed by atoms with Crippen LogP contribution >= 0.6 is 11.5 Å². The highest BCUT2D eigenvalue weighted by Crippen LogP contribution is 2.39. The zero-order chi connectivity index (χ0) is 11.5. The summed E-state index contributed by atoms with van der Waals surface area (Å²) < 4.78 is 4.41. The largest absolute Gasteiger partial charge is 0.358 e. The first-order valence-corrected chi connectivity index (χ1v) is 7.12. The van der Waals surface area contributed by atoms with E-state index >= 15 is 0 Å². The van der Waals surface area contributed by atoms with E-state index in [-0.39, 0.29) is 0 Å². The van der Waals surface area contributed by atoms with Crippen molar-refractivity contribution in [2.75, 3.05) is 5.32 Å². The van der Waals surface area contributed by atoms with Gasteiger partial charge in [-0.25, -0.2) is 4.98 Å². The Balaban J connectivity index is 1.91. The smallest absolute Gasteiger partial charge is 0.202 e. The van der Waals surface area contributed by atoms with E-state index in [1.54, 1.807) is 0 Å². The number of aromatic nitrogens is 2. The molecule has 2 rings (SSSR count). The van der Waals surface area contributed by atoms with Gasteiger partial charge in [-0.1, -0.05) is 26.7 Å². The Morgan fingerprint density at radius 3 is 2.62 bits per heavy atom. The molecular formula is C12H21N3S. The fourth-order valence-corrected chi connectivity index (χ4v) is 2.85. The van der Waals surface area contributed by atoms with Gasteiger partial charge in [-0.15, -0.1) is 0 Å². The summed E-state index contributed by atoms with van der Waals surface area (Å²) in [6.07, 6.45) is 4.99. The molecule has 1 fully saturated rings. The normalized spacial score (nSPS) is 17.8. The molecule has 0 amide bonds. The summed E-state index contributed by atoms with van der Waals surface area (Å²) in [5, 5.41) is 4.49. The first-order valence-electron chi connectivity index (χ1n) is 6.34. The van der Waals surface area contributed by atoms with Gasteiger partial charge in [-0.3, -0.25) is 0 Å². The van der Waals surface area contributed by atoms with Crippen LogP contribution in [0, 0.1) is 5.92 Å². The third-order valence-corrected chi connectivity index (χ3v) is 4.15. The second-order valence-corrected chi connectivity index (χ2v) is 5.49. The lowest BCUT2D eigenvalue weighted by Crippen LogP contribution is -2.24. The van der Waals surface area contributed by atoms with Gasteiger partial charge in [0.05, 0.1) is 0 Å². The molecule has 1 aliphatic carbocycles. The Labute approximate surface area is 102 Å². The molecule has 1 N–H and O–H groups in total. The zero-order valence-corrected chi connectivity index (χ0v) is 11.2. The SMILES string of the molecule is CCC(CC)C(C)Nc1nc(C2CC2)ns1. The van der Waals surface area contributed by atoms with Gasteiger partial charge in [-0.05, 0) is 25.7 Å². The molecule has 1 saturated carbocycles. The standard InChI is InChI=1S/C12H21N3S/c1-4-9(5-2)8(3)13-12-14-11(15-16-12)10-6-7-10/h8-10H,4-7H2,1-3H3,(H,13,14,15). The fraction of sp³-hybridized carbons (Fsp3) is 0.833. The van der Waals surface area contributed by atoms with Crippen molar-refractivity contribution in [1.29, 1.82) is 0 Å². The summed E-state index contributed by atoms with van der Waals surface area (Å²) in [6.45, 7) is 6.75. The van der Waals surface area contributed by atoms with Crippen LogP contribution in [0.5, 0.6) is 0 Å². The second kappa shape index (κ2) is 5.13. The number of nitrogens with zero attached hydrogens (tertiary/aromatic N) is 2. The van der Waals surface area contributed by atoms with Crippen molar-refractivity contribution in [3.8, 4) is 0 Å². The molecule has 1 aliphatic rings. The Kier molecular flexibility index (Phi) is 3.79. The van der Waals surface area contributed by atoms with Gasteiger partial charge < -0.3 is 5.32 Å².